The maximum atomic E-state index is 12.7. The highest BCUT2D eigenvalue weighted by atomic mass is 32.2. The standard InChI is InChI=1S/C23H25N3O5S/c1-14-5-9-19(10-6-14)26-15(2)13-21(16(26)3)23(28)31-17(4)22(27)25-18-7-11-20(12-8-18)32(24,29)30/h5-13,17H,1-4H3,(H,25,27)(H2,24,29,30). The van der Waals surface area contributed by atoms with Gasteiger partial charge >= 0.3 is 5.97 Å². The zero-order valence-corrected chi connectivity index (χ0v) is 19.1. The largest absolute Gasteiger partial charge is 0.449 e. The number of esters is 1. The fourth-order valence-electron chi connectivity index (χ4n) is 3.31. The molecule has 0 saturated heterocycles. The SMILES string of the molecule is Cc1ccc(-n2c(C)cc(C(=O)OC(C)C(=O)Nc3ccc(S(N)(=O)=O)cc3)c2C)cc1. The number of nitrogens with zero attached hydrogens (tertiary/aromatic N) is 1. The lowest BCUT2D eigenvalue weighted by Crippen LogP contribution is -2.30. The van der Waals surface area contributed by atoms with Crippen LogP contribution in [0.15, 0.2) is 59.5 Å². The number of rotatable bonds is 6. The number of carbonyl (C=O) groups is 2. The molecule has 0 bridgehead atoms. The fourth-order valence-corrected chi connectivity index (χ4v) is 3.83. The van der Waals surface area contributed by atoms with E-state index in [2.05, 4.69) is 5.32 Å². The van der Waals surface area contributed by atoms with Crippen molar-refractivity contribution >= 4 is 27.6 Å². The van der Waals surface area contributed by atoms with Crippen molar-refractivity contribution in [1.82, 2.24) is 4.57 Å². The summed E-state index contributed by atoms with van der Waals surface area (Å²) in [4.78, 5) is 25.1. The molecule has 0 aliphatic carbocycles. The molecule has 0 aliphatic heterocycles. The highest BCUT2D eigenvalue weighted by Gasteiger charge is 2.23. The number of aromatic nitrogens is 1. The van der Waals surface area contributed by atoms with Gasteiger partial charge in [0.25, 0.3) is 5.91 Å². The molecule has 3 N–H and O–H groups in total. The van der Waals surface area contributed by atoms with Gasteiger partial charge in [-0.15, -0.1) is 0 Å². The zero-order chi connectivity index (χ0) is 23.6. The lowest BCUT2D eigenvalue weighted by atomic mass is 10.2. The van der Waals surface area contributed by atoms with Gasteiger partial charge in [0, 0.05) is 22.8 Å². The summed E-state index contributed by atoms with van der Waals surface area (Å²) in [6, 6.07) is 15.0. The molecule has 1 unspecified atom stereocenters. The number of benzene rings is 2. The number of nitrogens with two attached hydrogens (primary N) is 1. The molecule has 1 aromatic heterocycles. The van der Waals surface area contributed by atoms with Gasteiger partial charge in [0.1, 0.15) is 0 Å². The summed E-state index contributed by atoms with van der Waals surface area (Å²) in [5, 5.41) is 7.64. The van der Waals surface area contributed by atoms with Crippen LogP contribution in [0.25, 0.3) is 5.69 Å². The van der Waals surface area contributed by atoms with Crippen molar-refractivity contribution in [1.29, 1.82) is 0 Å². The van der Waals surface area contributed by atoms with Crippen molar-refractivity contribution in [2.45, 2.75) is 38.7 Å². The van der Waals surface area contributed by atoms with Crippen LogP contribution in [0, 0.1) is 20.8 Å². The molecule has 0 spiro atoms. The molecule has 168 valence electrons. The quantitative estimate of drug-likeness (QED) is 0.553. The Labute approximate surface area is 187 Å². The Bertz CT molecular complexity index is 1260. The van der Waals surface area contributed by atoms with E-state index in [0.29, 0.717) is 16.9 Å². The van der Waals surface area contributed by atoms with E-state index in [1.165, 1.54) is 31.2 Å². The topological polar surface area (TPSA) is 120 Å². The first-order valence-corrected chi connectivity index (χ1v) is 11.4. The van der Waals surface area contributed by atoms with Crippen LogP contribution in [-0.4, -0.2) is 31.0 Å². The molecule has 32 heavy (non-hydrogen) atoms. The molecular formula is C23H25N3O5S. The van der Waals surface area contributed by atoms with Crippen molar-refractivity contribution in [3.63, 3.8) is 0 Å². The van der Waals surface area contributed by atoms with Gasteiger partial charge in [-0.1, -0.05) is 17.7 Å². The number of aryl methyl sites for hydroxylation is 2. The van der Waals surface area contributed by atoms with Crippen LogP contribution in [-0.2, 0) is 19.6 Å². The van der Waals surface area contributed by atoms with E-state index in [0.717, 1.165) is 16.9 Å². The monoisotopic (exact) mass is 455 g/mol. The number of anilines is 1. The van der Waals surface area contributed by atoms with Gasteiger partial charge in [-0.3, -0.25) is 4.79 Å². The first-order valence-electron chi connectivity index (χ1n) is 9.88. The van der Waals surface area contributed by atoms with Gasteiger partial charge in [-0.2, -0.15) is 0 Å². The van der Waals surface area contributed by atoms with Crippen molar-refractivity contribution in [2.75, 3.05) is 5.32 Å². The summed E-state index contributed by atoms with van der Waals surface area (Å²) in [7, 11) is -3.82. The van der Waals surface area contributed by atoms with Crippen LogP contribution in [0.4, 0.5) is 5.69 Å². The number of amides is 1. The molecule has 1 atom stereocenters. The van der Waals surface area contributed by atoms with Crippen LogP contribution in [0.3, 0.4) is 0 Å². The summed E-state index contributed by atoms with van der Waals surface area (Å²) in [6.07, 6.45) is -1.07. The maximum Gasteiger partial charge on any atom is 0.340 e. The van der Waals surface area contributed by atoms with E-state index in [4.69, 9.17) is 9.88 Å². The third-order valence-corrected chi connectivity index (χ3v) is 5.98. The second-order valence-corrected chi connectivity index (χ2v) is 9.12. The molecule has 3 rings (SSSR count). The van der Waals surface area contributed by atoms with Crippen molar-refractivity contribution in [3.05, 3.63) is 77.1 Å². The van der Waals surface area contributed by atoms with Gasteiger partial charge < -0.3 is 14.6 Å². The van der Waals surface area contributed by atoms with E-state index >= 15 is 0 Å². The number of hydrogen-bond donors (Lipinski definition) is 2. The number of sulfonamides is 1. The predicted molar refractivity (Wildman–Crippen MR) is 121 cm³/mol. The van der Waals surface area contributed by atoms with E-state index in [1.807, 2.05) is 49.6 Å². The number of ether oxygens (including phenoxy) is 1. The molecule has 0 aliphatic rings. The van der Waals surface area contributed by atoms with Gasteiger partial charge in [0.15, 0.2) is 6.10 Å². The summed E-state index contributed by atoms with van der Waals surface area (Å²) in [5.41, 5.74) is 4.37. The minimum atomic E-state index is -3.82. The summed E-state index contributed by atoms with van der Waals surface area (Å²) in [5.74, 6) is -1.15. The highest BCUT2D eigenvalue weighted by molar-refractivity contribution is 7.89. The van der Waals surface area contributed by atoms with E-state index in [-0.39, 0.29) is 4.90 Å². The number of hydrogen-bond acceptors (Lipinski definition) is 5. The van der Waals surface area contributed by atoms with Crippen LogP contribution in [0.1, 0.15) is 34.2 Å². The van der Waals surface area contributed by atoms with Gasteiger partial charge in [-0.05, 0) is 70.2 Å². The Kier molecular flexibility index (Phi) is 6.52. The van der Waals surface area contributed by atoms with Crippen LogP contribution < -0.4 is 10.5 Å². The molecular weight excluding hydrogens is 430 g/mol. The van der Waals surface area contributed by atoms with E-state index in [9.17, 15) is 18.0 Å². The minimum Gasteiger partial charge on any atom is -0.449 e. The molecule has 1 amide bonds. The van der Waals surface area contributed by atoms with E-state index < -0.39 is 28.0 Å². The molecule has 0 saturated carbocycles. The lowest BCUT2D eigenvalue weighted by molar-refractivity contribution is -0.123. The zero-order valence-electron chi connectivity index (χ0n) is 18.2. The Morgan fingerprint density at radius 1 is 1.00 bits per heavy atom. The molecule has 2 aromatic carbocycles. The second-order valence-electron chi connectivity index (χ2n) is 7.56. The molecule has 3 aromatic rings. The van der Waals surface area contributed by atoms with E-state index in [1.54, 1.807) is 6.07 Å². The fraction of sp³-hybridized carbons (Fsp3) is 0.217. The Morgan fingerprint density at radius 3 is 2.16 bits per heavy atom. The summed E-state index contributed by atoms with van der Waals surface area (Å²) < 4.78 is 30.0. The molecule has 8 nitrogen and oxygen atoms in total. The molecule has 0 radical (unpaired) electrons. The first-order chi connectivity index (χ1) is 15.0. The van der Waals surface area contributed by atoms with Gasteiger partial charge in [0.2, 0.25) is 10.0 Å². The Hall–Kier alpha value is -3.43. The van der Waals surface area contributed by atoms with Crippen LogP contribution >= 0.6 is 0 Å². The minimum absolute atomic E-state index is 0.0705. The van der Waals surface area contributed by atoms with Crippen LogP contribution in [0.2, 0.25) is 0 Å². The maximum absolute atomic E-state index is 12.7. The lowest BCUT2D eigenvalue weighted by Gasteiger charge is -2.14. The number of nitrogens with one attached hydrogen (secondary N) is 1. The third kappa shape index (κ3) is 5.06. The predicted octanol–water partition coefficient (Wildman–Crippen LogP) is 3.23. The third-order valence-electron chi connectivity index (χ3n) is 5.05. The molecule has 9 heteroatoms. The Morgan fingerprint density at radius 2 is 1.59 bits per heavy atom. The summed E-state index contributed by atoms with van der Waals surface area (Å²) >= 11 is 0. The number of carbonyl (C=O) groups excluding carboxylic acids is 2. The first kappa shape index (κ1) is 23.2. The van der Waals surface area contributed by atoms with Crippen molar-refractivity contribution < 1.29 is 22.7 Å². The second kappa shape index (κ2) is 8.97. The average Bonchev–Trinajstić information content (AvgIpc) is 3.02. The molecule has 1 heterocycles. The van der Waals surface area contributed by atoms with Gasteiger partial charge in [-0.25, -0.2) is 18.4 Å². The Balaban J connectivity index is 1.71. The smallest absolute Gasteiger partial charge is 0.340 e. The van der Waals surface area contributed by atoms with Gasteiger partial charge in [0.05, 0.1) is 10.5 Å². The van der Waals surface area contributed by atoms with Crippen molar-refractivity contribution in [3.8, 4) is 5.69 Å². The van der Waals surface area contributed by atoms with Crippen molar-refractivity contribution in [2.24, 2.45) is 5.14 Å². The number of primary sulfonamides is 1. The molecule has 0 fully saturated rings. The normalized spacial score (nSPS) is 12.3. The highest BCUT2D eigenvalue weighted by Crippen LogP contribution is 2.22. The van der Waals surface area contributed by atoms with Crippen LogP contribution in [0.5, 0.6) is 0 Å². The summed E-state index contributed by atoms with van der Waals surface area (Å²) in [6.45, 7) is 7.18. The average molecular weight is 456 g/mol.